The van der Waals surface area contributed by atoms with Crippen molar-refractivity contribution in [1.29, 1.82) is 0 Å². The average Bonchev–Trinajstić information content (AvgIpc) is 3.61. The second-order valence-electron chi connectivity index (χ2n) is 8.33. The van der Waals surface area contributed by atoms with Crippen molar-refractivity contribution < 1.29 is 19.7 Å². The number of aromatic hydroxyl groups is 2. The molecule has 1 aliphatic carbocycles. The Hall–Kier alpha value is -3.76. The third-order valence-electron chi connectivity index (χ3n) is 6.45. The van der Waals surface area contributed by atoms with Gasteiger partial charge in [0.15, 0.2) is 0 Å². The molecule has 2 N–H and O–H groups in total. The van der Waals surface area contributed by atoms with Crippen LogP contribution in [0.2, 0.25) is 0 Å². The van der Waals surface area contributed by atoms with Crippen LogP contribution >= 0.6 is 0 Å². The highest BCUT2D eigenvalue weighted by Gasteiger charge is 2.48. The zero-order valence-corrected chi connectivity index (χ0v) is 17.4. The maximum Gasteiger partial charge on any atom is 0.124 e. The molecule has 0 bridgehead atoms. The lowest BCUT2D eigenvalue weighted by atomic mass is 9.67. The van der Waals surface area contributed by atoms with E-state index in [0.29, 0.717) is 6.61 Å². The highest BCUT2D eigenvalue weighted by molar-refractivity contribution is 5.88. The third kappa shape index (κ3) is 2.80. The lowest BCUT2D eigenvalue weighted by Gasteiger charge is -2.34. The highest BCUT2D eigenvalue weighted by Crippen LogP contribution is 2.59. The fourth-order valence-corrected chi connectivity index (χ4v) is 4.98. The van der Waals surface area contributed by atoms with Crippen LogP contribution in [0.4, 0.5) is 0 Å². The number of phenols is 2. The molecule has 0 saturated carbocycles. The van der Waals surface area contributed by atoms with Crippen molar-refractivity contribution >= 4 is 0 Å². The van der Waals surface area contributed by atoms with Crippen LogP contribution in [-0.4, -0.2) is 29.5 Å². The average molecular weight is 422 g/mol. The van der Waals surface area contributed by atoms with Gasteiger partial charge >= 0.3 is 0 Å². The molecule has 158 valence electrons. The molecular weight excluding hydrogens is 400 g/mol. The Morgan fingerprint density at radius 3 is 1.97 bits per heavy atom. The molecule has 0 amide bonds. The minimum absolute atomic E-state index is 0.145. The quantitative estimate of drug-likeness (QED) is 0.380. The Bertz CT molecular complexity index is 1240. The summed E-state index contributed by atoms with van der Waals surface area (Å²) in [6.45, 7) is 1.24. The van der Waals surface area contributed by atoms with Crippen LogP contribution in [0.15, 0.2) is 91.0 Å². The largest absolute Gasteiger partial charge is 0.508 e. The van der Waals surface area contributed by atoms with E-state index in [2.05, 4.69) is 30.3 Å². The van der Waals surface area contributed by atoms with Crippen molar-refractivity contribution in [3.8, 4) is 28.4 Å². The van der Waals surface area contributed by atoms with Crippen LogP contribution in [0, 0.1) is 0 Å². The first-order chi connectivity index (χ1) is 15.7. The van der Waals surface area contributed by atoms with E-state index in [0.717, 1.165) is 45.7 Å². The van der Waals surface area contributed by atoms with Gasteiger partial charge < -0.3 is 19.7 Å². The Labute approximate surface area is 186 Å². The van der Waals surface area contributed by atoms with Gasteiger partial charge in [-0.2, -0.15) is 0 Å². The lowest BCUT2D eigenvalue weighted by molar-refractivity contribution is 0.260. The number of fused-ring (bicyclic) bond motifs is 3. The Kier molecular flexibility index (Phi) is 4.23. The molecule has 1 aliphatic heterocycles. The Balaban J connectivity index is 1.70. The molecule has 1 heterocycles. The van der Waals surface area contributed by atoms with Gasteiger partial charge in [-0.3, -0.25) is 0 Å². The second-order valence-corrected chi connectivity index (χ2v) is 8.33. The van der Waals surface area contributed by atoms with Gasteiger partial charge in [0.2, 0.25) is 0 Å². The molecule has 1 fully saturated rings. The monoisotopic (exact) mass is 422 g/mol. The van der Waals surface area contributed by atoms with Crippen molar-refractivity contribution in [2.24, 2.45) is 0 Å². The summed E-state index contributed by atoms with van der Waals surface area (Å²) >= 11 is 0. The fraction of sp³-hybridized carbons (Fsp3) is 0.143. The highest BCUT2D eigenvalue weighted by atomic mass is 16.6. The second kappa shape index (κ2) is 7.14. The van der Waals surface area contributed by atoms with Gasteiger partial charge in [-0.1, -0.05) is 60.7 Å². The molecule has 2 aliphatic rings. The molecule has 6 rings (SSSR count). The van der Waals surface area contributed by atoms with Crippen LogP contribution < -0.4 is 4.74 Å². The van der Waals surface area contributed by atoms with E-state index < -0.39 is 5.41 Å². The molecular formula is C28H22O4. The molecule has 4 heteroatoms. The van der Waals surface area contributed by atoms with Gasteiger partial charge in [-0.15, -0.1) is 0 Å². The minimum atomic E-state index is -0.658. The normalized spacial score (nSPS) is 17.4. The molecule has 1 saturated heterocycles. The van der Waals surface area contributed by atoms with E-state index in [1.807, 2.05) is 36.4 Å². The smallest absolute Gasteiger partial charge is 0.124 e. The fourth-order valence-electron chi connectivity index (χ4n) is 4.98. The first-order valence-corrected chi connectivity index (χ1v) is 10.7. The standard InChI is InChI=1S/C28H22O4/c29-20-12-8-18(9-13-20)28(19-10-14-21(30)15-11-19)25-6-2-1-4-23(25)24-5-3-7-26(27(24)28)32-17-22-16-31-22/h1-15,22,29-30H,16-17H2. The summed E-state index contributed by atoms with van der Waals surface area (Å²) in [6.07, 6.45) is 0.145. The van der Waals surface area contributed by atoms with Crippen molar-refractivity contribution in [2.45, 2.75) is 11.5 Å². The molecule has 4 aromatic rings. The van der Waals surface area contributed by atoms with Gasteiger partial charge in [-0.05, 0) is 58.1 Å². The summed E-state index contributed by atoms with van der Waals surface area (Å²) in [5, 5.41) is 20.0. The number of rotatable bonds is 5. The molecule has 1 atom stereocenters. The SMILES string of the molecule is Oc1ccc(C2(c3ccc(O)cc3)c3ccccc3-c3cccc(OCC4CO4)c32)cc1. The first-order valence-electron chi connectivity index (χ1n) is 10.7. The Morgan fingerprint density at radius 2 is 1.34 bits per heavy atom. The van der Waals surface area contributed by atoms with Crippen LogP contribution in [0.1, 0.15) is 22.3 Å². The molecule has 4 aromatic carbocycles. The minimum Gasteiger partial charge on any atom is -0.508 e. The molecule has 0 aromatic heterocycles. The number of ether oxygens (including phenoxy) is 2. The zero-order chi connectivity index (χ0) is 21.7. The number of epoxide rings is 1. The van der Waals surface area contributed by atoms with E-state index in [1.54, 1.807) is 24.3 Å². The van der Waals surface area contributed by atoms with Crippen LogP contribution in [0.5, 0.6) is 17.2 Å². The van der Waals surface area contributed by atoms with Crippen LogP contribution in [0.25, 0.3) is 11.1 Å². The number of hydrogen-bond acceptors (Lipinski definition) is 4. The molecule has 4 nitrogen and oxygen atoms in total. The summed E-state index contributed by atoms with van der Waals surface area (Å²) < 4.78 is 11.7. The van der Waals surface area contributed by atoms with Crippen LogP contribution in [-0.2, 0) is 10.2 Å². The summed E-state index contributed by atoms with van der Waals surface area (Å²) in [5.41, 5.74) is 5.86. The summed E-state index contributed by atoms with van der Waals surface area (Å²) in [4.78, 5) is 0. The van der Waals surface area contributed by atoms with Gasteiger partial charge in [-0.25, -0.2) is 0 Å². The zero-order valence-electron chi connectivity index (χ0n) is 17.4. The molecule has 1 unspecified atom stereocenters. The molecule has 0 radical (unpaired) electrons. The summed E-state index contributed by atoms with van der Waals surface area (Å²) in [7, 11) is 0. The van der Waals surface area contributed by atoms with E-state index in [9.17, 15) is 10.2 Å². The first kappa shape index (κ1) is 19.0. The maximum atomic E-state index is 10.0. The van der Waals surface area contributed by atoms with Gasteiger partial charge in [0.25, 0.3) is 0 Å². The van der Waals surface area contributed by atoms with Gasteiger partial charge in [0, 0.05) is 5.56 Å². The van der Waals surface area contributed by atoms with Crippen molar-refractivity contribution in [1.82, 2.24) is 0 Å². The number of phenolic OH excluding ortho intramolecular Hbond substituents is 2. The number of benzene rings is 4. The predicted octanol–water partition coefficient (Wildman–Crippen LogP) is 5.24. The van der Waals surface area contributed by atoms with Crippen LogP contribution in [0.3, 0.4) is 0 Å². The molecule has 0 spiro atoms. The molecule has 32 heavy (non-hydrogen) atoms. The van der Waals surface area contributed by atoms with E-state index in [1.165, 1.54) is 0 Å². The van der Waals surface area contributed by atoms with Crippen molar-refractivity contribution in [3.05, 3.63) is 113 Å². The van der Waals surface area contributed by atoms with E-state index in [4.69, 9.17) is 9.47 Å². The predicted molar refractivity (Wildman–Crippen MR) is 122 cm³/mol. The van der Waals surface area contributed by atoms with Gasteiger partial charge in [0.05, 0.1) is 12.0 Å². The van der Waals surface area contributed by atoms with Crippen molar-refractivity contribution in [2.75, 3.05) is 13.2 Å². The van der Waals surface area contributed by atoms with Crippen molar-refractivity contribution in [3.63, 3.8) is 0 Å². The maximum absolute atomic E-state index is 10.0. The Morgan fingerprint density at radius 1 is 0.750 bits per heavy atom. The summed E-state index contributed by atoms with van der Waals surface area (Å²) in [6, 6.07) is 29.3. The number of hydrogen-bond donors (Lipinski definition) is 2. The van der Waals surface area contributed by atoms with E-state index in [-0.39, 0.29) is 17.6 Å². The van der Waals surface area contributed by atoms with Gasteiger partial charge in [0.1, 0.15) is 30.0 Å². The topological polar surface area (TPSA) is 62.2 Å². The summed E-state index contributed by atoms with van der Waals surface area (Å²) in [5.74, 6) is 1.25. The van der Waals surface area contributed by atoms with E-state index >= 15 is 0 Å². The lowest BCUT2D eigenvalue weighted by Crippen LogP contribution is -2.29. The third-order valence-corrected chi connectivity index (χ3v) is 6.45.